The van der Waals surface area contributed by atoms with Crippen LogP contribution in [-0.2, 0) is 11.2 Å². The molecule has 4 nitrogen and oxygen atoms in total. The van der Waals surface area contributed by atoms with E-state index in [0.717, 1.165) is 44.1 Å². The van der Waals surface area contributed by atoms with Gasteiger partial charge in [0.05, 0.1) is 6.10 Å². The first-order valence-electron chi connectivity index (χ1n) is 18.5. The van der Waals surface area contributed by atoms with Crippen molar-refractivity contribution in [2.24, 2.45) is 50.7 Å². The van der Waals surface area contributed by atoms with Crippen LogP contribution in [-0.4, -0.2) is 36.1 Å². The Bertz CT molecular complexity index is 1110. The number of pyridine rings is 1. The number of nitrogens with zero attached hydrogens (tertiary/aromatic N) is 1. The highest BCUT2D eigenvalue weighted by molar-refractivity contribution is 5.61. The predicted octanol–water partition coefficient (Wildman–Crippen LogP) is 9.30. The van der Waals surface area contributed by atoms with Crippen molar-refractivity contribution >= 4 is 6.29 Å². The summed E-state index contributed by atoms with van der Waals surface area (Å²) >= 11 is 0. The Labute approximate surface area is 277 Å². The van der Waals surface area contributed by atoms with Crippen molar-refractivity contribution < 1.29 is 9.90 Å². The third-order valence-electron chi connectivity index (χ3n) is 14.3. The van der Waals surface area contributed by atoms with Crippen LogP contribution in [0.4, 0.5) is 0 Å². The highest BCUT2D eigenvalue weighted by Crippen LogP contribution is 2.75. The van der Waals surface area contributed by atoms with E-state index < -0.39 is 0 Å². The molecular formula is C41H68N2O2. The normalized spacial score (nSPS) is 40.7. The predicted molar refractivity (Wildman–Crippen MR) is 190 cm³/mol. The number of nitrogens with one attached hydrogen (secondary N) is 1. The molecule has 1 aromatic rings. The molecule has 0 aliphatic heterocycles. The lowest BCUT2D eigenvalue weighted by Gasteiger charge is -2.72. The zero-order valence-electron chi connectivity index (χ0n) is 30.6. The molecule has 0 aromatic carbocycles. The van der Waals surface area contributed by atoms with Gasteiger partial charge in [-0.15, -0.1) is 12.3 Å². The third kappa shape index (κ3) is 6.83. The summed E-state index contributed by atoms with van der Waals surface area (Å²) in [4.78, 5) is 16.3. The second-order valence-corrected chi connectivity index (χ2v) is 16.2. The number of aliphatic hydroxyl groups is 1. The SMILES string of the molecule is C#CC.CC.CC1C2(C=O)CCCCC13CCC1C4(C)CCC(O)C(C)(C)C4CCC1(C)C3CC2.CNCCc1ccncc1. The molecule has 1 aromatic heterocycles. The minimum absolute atomic E-state index is 0.0335. The molecule has 5 aliphatic rings. The summed E-state index contributed by atoms with van der Waals surface area (Å²) in [6, 6.07) is 4.08. The number of rotatable bonds is 4. The van der Waals surface area contributed by atoms with Crippen molar-refractivity contribution in [3.8, 4) is 12.3 Å². The molecule has 2 bridgehead atoms. The van der Waals surface area contributed by atoms with Gasteiger partial charge in [-0.1, -0.05) is 61.3 Å². The highest BCUT2D eigenvalue weighted by Gasteiger charge is 2.69. The van der Waals surface area contributed by atoms with Gasteiger partial charge in [0.15, 0.2) is 0 Å². The average molecular weight is 621 g/mol. The van der Waals surface area contributed by atoms with E-state index in [1.165, 1.54) is 69.6 Å². The highest BCUT2D eigenvalue weighted by atomic mass is 16.3. The molecule has 0 radical (unpaired) electrons. The number of aldehydes is 1. The molecule has 6 rings (SSSR count). The zero-order valence-corrected chi connectivity index (χ0v) is 30.6. The Hall–Kier alpha value is -1.70. The largest absolute Gasteiger partial charge is 0.393 e. The van der Waals surface area contributed by atoms with Gasteiger partial charge in [0, 0.05) is 17.8 Å². The number of terminal acetylenes is 1. The van der Waals surface area contributed by atoms with Crippen molar-refractivity contribution in [1.82, 2.24) is 10.3 Å². The summed E-state index contributed by atoms with van der Waals surface area (Å²) < 4.78 is 0. The summed E-state index contributed by atoms with van der Waals surface area (Å²) in [5, 5.41) is 13.9. The molecule has 5 saturated carbocycles. The molecular weight excluding hydrogens is 552 g/mol. The van der Waals surface area contributed by atoms with Gasteiger partial charge in [0.25, 0.3) is 0 Å². The molecule has 45 heavy (non-hydrogen) atoms. The summed E-state index contributed by atoms with van der Waals surface area (Å²) in [5.41, 5.74) is 2.52. The maximum absolute atomic E-state index is 12.4. The molecule has 0 amide bonds. The van der Waals surface area contributed by atoms with Gasteiger partial charge in [-0.2, -0.15) is 0 Å². The molecule has 9 atom stereocenters. The Morgan fingerprint density at radius 2 is 1.47 bits per heavy atom. The standard InChI is InChI=1S/C28H46O2.C8H12N2.C3H4.C2H6/c1-19-27(18-29)12-6-7-13-28(19)17-10-21-25(4)15-11-23(30)24(2,3)20(25)8-14-26(21,5)22(28)9-16-27;1-9-5-2-8-3-6-10-7-4-8;1-3-2;1-2/h18-23,30H,6-17H2,1-5H3;3-4,6-7,9H,2,5H2,1H3;1H,2H3;1-2H3. The first-order valence-corrected chi connectivity index (χ1v) is 18.5. The van der Waals surface area contributed by atoms with Crippen molar-refractivity contribution in [2.75, 3.05) is 13.6 Å². The van der Waals surface area contributed by atoms with Crippen molar-refractivity contribution in [3.05, 3.63) is 30.1 Å². The van der Waals surface area contributed by atoms with Gasteiger partial charge in [-0.3, -0.25) is 4.98 Å². The molecule has 5 aliphatic carbocycles. The van der Waals surface area contributed by atoms with Crippen LogP contribution >= 0.6 is 0 Å². The number of hydrogen-bond acceptors (Lipinski definition) is 4. The lowest BCUT2D eigenvalue weighted by atomic mass is 9.33. The first-order chi connectivity index (χ1) is 21.4. The Balaban J connectivity index is 0.000000308. The number of likely N-dealkylation sites (N-methyl/N-ethyl adjacent to an activating group) is 1. The molecule has 9 unspecified atom stereocenters. The van der Waals surface area contributed by atoms with Gasteiger partial charge in [-0.05, 0) is 154 Å². The average Bonchev–Trinajstić information content (AvgIpc) is 3.10. The molecule has 5 fully saturated rings. The maximum Gasteiger partial charge on any atom is 0.126 e. The molecule has 2 N–H and O–H groups in total. The Kier molecular flexibility index (Phi) is 13.0. The van der Waals surface area contributed by atoms with Gasteiger partial charge in [0.2, 0.25) is 0 Å². The van der Waals surface area contributed by atoms with Gasteiger partial charge in [-0.25, -0.2) is 0 Å². The van der Waals surface area contributed by atoms with Crippen LogP contribution in [0, 0.1) is 63.1 Å². The van der Waals surface area contributed by atoms with E-state index in [9.17, 15) is 9.90 Å². The molecule has 1 heterocycles. The number of aliphatic hydroxyl groups excluding tert-OH is 1. The van der Waals surface area contributed by atoms with E-state index >= 15 is 0 Å². The lowest BCUT2D eigenvalue weighted by molar-refractivity contribution is -0.237. The number of hydrogen-bond donors (Lipinski definition) is 2. The number of fused-ring (bicyclic) bond motifs is 5. The second kappa shape index (κ2) is 15.5. The number of aromatic nitrogens is 1. The molecule has 4 heteroatoms. The lowest BCUT2D eigenvalue weighted by Crippen LogP contribution is -2.65. The molecule has 254 valence electrons. The minimum Gasteiger partial charge on any atom is -0.393 e. The fourth-order valence-corrected chi connectivity index (χ4v) is 12.0. The zero-order chi connectivity index (χ0) is 33.5. The first kappa shape index (κ1) is 37.8. The number of carbonyl (C=O) groups is 1. The topological polar surface area (TPSA) is 62.2 Å². The van der Waals surface area contributed by atoms with Crippen LogP contribution in [0.1, 0.15) is 138 Å². The molecule has 0 saturated heterocycles. The van der Waals surface area contributed by atoms with Crippen molar-refractivity contribution in [3.63, 3.8) is 0 Å². The fourth-order valence-electron chi connectivity index (χ4n) is 12.0. The van der Waals surface area contributed by atoms with Crippen molar-refractivity contribution in [2.45, 2.75) is 145 Å². The smallest absolute Gasteiger partial charge is 0.126 e. The Morgan fingerprint density at radius 1 is 0.911 bits per heavy atom. The monoisotopic (exact) mass is 621 g/mol. The summed E-state index contributed by atoms with van der Waals surface area (Å²) in [5.74, 6) is 5.02. The minimum atomic E-state index is -0.139. The molecule has 1 spiro atoms. The van der Waals surface area contributed by atoms with E-state index in [0.29, 0.717) is 28.1 Å². The maximum atomic E-state index is 12.4. The van der Waals surface area contributed by atoms with E-state index in [-0.39, 0.29) is 16.9 Å². The van der Waals surface area contributed by atoms with Crippen LogP contribution < -0.4 is 5.32 Å². The fraction of sp³-hybridized carbons (Fsp3) is 0.805. The van der Waals surface area contributed by atoms with Crippen LogP contribution in [0.5, 0.6) is 0 Å². The van der Waals surface area contributed by atoms with Crippen LogP contribution in [0.15, 0.2) is 24.5 Å². The van der Waals surface area contributed by atoms with Gasteiger partial charge < -0.3 is 15.2 Å². The quantitative estimate of drug-likeness (QED) is 0.260. The van der Waals surface area contributed by atoms with Crippen LogP contribution in [0.3, 0.4) is 0 Å². The Morgan fingerprint density at radius 3 is 2.09 bits per heavy atom. The van der Waals surface area contributed by atoms with E-state index in [1.807, 2.05) is 45.4 Å². The van der Waals surface area contributed by atoms with E-state index in [4.69, 9.17) is 0 Å². The second-order valence-electron chi connectivity index (χ2n) is 16.2. The number of carbonyl (C=O) groups excluding carboxylic acids is 1. The third-order valence-corrected chi connectivity index (χ3v) is 14.3. The van der Waals surface area contributed by atoms with Gasteiger partial charge >= 0.3 is 0 Å². The van der Waals surface area contributed by atoms with E-state index in [2.05, 4.69) is 57.3 Å². The summed E-state index contributed by atoms with van der Waals surface area (Å²) in [6.45, 7) is 19.1. The van der Waals surface area contributed by atoms with Crippen LogP contribution in [0.2, 0.25) is 0 Å². The van der Waals surface area contributed by atoms with E-state index in [1.54, 1.807) is 6.92 Å². The van der Waals surface area contributed by atoms with Crippen LogP contribution in [0.25, 0.3) is 0 Å². The van der Waals surface area contributed by atoms with Crippen molar-refractivity contribution in [1.29, 1.82) is 0 Å². The summed E-state index contributed by atoms with van der Waals surface area (Å²) in [7, 11) is 1.96. The van der Waals surface area contributed by atoms with Gasteiger partial charge in [0.1, 0.15) is 6.29 Å². The summed E-state index contributed by atoms with van der Waals surface area (Å²) in [6.07, 6.45) is 25.6.